The third-order valence-electron chi connectivity index (χ3n) is 6.71. The Kier molecular flexibility index (Phi) is 10.1. The molecule has 1 aliphatic rings. The number of esters is 1. The van der Waals surface area contributed by atoms with E-state index in [0.717, 1.165) is 45.4 Å². The fourth-order valence-corrected chi connectivity index (χ4v) is 5.65. The zero-order valence-corrected chi connectivity index (χ0v) is 21.4. The summed E-state index contributed by atoms with van der Waals surface area (Å²) in [6, 6.07) is 12.6. The summed E-state index contributed by atoms with van der Waals surface area (Å²) in [6.07, 6.45) is 8.11. The third-order valence-corrected chi connectivity index (χ3v) is 7.75. The molecule has 1 aliphatic carbocycles. The van der Waals surface area contributed by atoms with E-state index in [2.05, 4.69) is 37.4 Å². The minimum Gasteiger partial charge on any atom is -0.496 e. The van der Waals surface area contributed by atoms with Gasteiger partial charge in [0.05, 0.1) is 19.8 Å². The van der Waals surface area contributed by atoms with Gasteiger partial charge < -0.3 is 14.8 Å². The van der Waals surface area contributed by atoms with Crippen LogP contribution in [0.1, 0.15) is 66.9 Å². The van der Waals surface area contributed by atoms with Crippen LogP contribution in [-0.2, 0) is 11.3 Å². The second kappa shape index (κ2) is 13.0. The van der Waals surface area contributed by atoms with Crippen LogP contribution in [-0.4, -0.2) is 37.7 Å². The highest BCUT2D eigenvalue weighted by atomic mass is 32.2. The molecule has 2 aromatic carbocycles. The maximum absolute atomic E-state index is 12.6. The van der Waals surface area contributed by atoms with E-state index in [9.17, 15) is 4.79 Å². The van der Waals surface area contributed by atoms with Gasteiger partial charge in [-0.3, -0.25) is 0 Å². The van der Waals surface area contributed by atoms with E-state index in [1.54, 1.807) is 7.11 Å². The molecule has 0 radical (unpaired) electrons. The van der Waals surface area contributed by atoms with Crippen molar-refractivity contribution in [2.75, 3.05) is 25.7 Å². The fourth-order valence-electron chi connectivity index (χ4n) is 4.88. The number of benzene rings is 2. The van der Waals surface area contributed by atoms with Gasteiger partial charge in [0.2, 0.25) is 0 Å². The molecule has 1 saturated carbocycles. The summed E-state index contributed by atoms with van der Waals surface area (Å²) < 4.78 is 10.8. The van der Waals surface area contributed by atoms with E-state index >= 15 is 0 Å². The Morgan fingerprint density at radius 2 is 1.88 bits per heavy atom. The van der Waals surface area contributed by atoms with Gasteiger partial charge in [-0.2, -0.15) is 11.8 Å². The molecule has 1 fully saturated rings. The highest BCUT2D eigenvalue weighted by Crippen LogP contribution is 2.34. The van der Waals surface area contributed by atoms with Crippen LogP contribution in [0, 0.1) is 12.8 Å². The maximum atomic E-state index is 12.6. The standard InChI is InChI=1S/C28H39NO3S/c1-5-33-19-23(15-21-12-7-6-8-13-21)29-18-22-16-25(24-14-10-9-11-20(24)2)26(28(30)32-4)17-27(22)31-3/h9-11,14,16-17,21,23,29H,5-8,12-13,15,18-19H2,1-4H3/t23-/m0/s1. The van der Waals surface area contributed by atoms with Crippen molar-refractivity contribution in [1.29, 1.82) is 0 Å². The molecule has 3 rings (SSSR count). The average molecular weight is 470 g/mol. The summed E-state index contributed by atoms with van der Waals surface area (Å²) in [5.74, 6) is 3.47. The van der Waals surface area contributed by atoms with E-state index in [4.69, 9.17) is 9.47 Å². The molecule has 0 unspecified atom stereocenters. The van der Waals surface area contributed by atoms with E-state index < -0.39 is 0 Å². The van der Waals surface area contributed by atoms with Crippen molar-refractivity contribution in [2.45, 2.75) is 65.0 Å². The first-order chi connectivity index (χ1) is 16.1. The van der Waals surface area contributed by atoms with E-state index in [0.29, 0.717) is 18.2 Å². The maximum Gasteiger partial charge on any atom is 0.338 e. The zero-order valence-electron chi connectivity index (χ0n) is 20.6. The first-order valence-electron chi connectivity index (χ1n) is 12.2. The number of carbonyl (C=O) groups is 1. The van der Waals surface area contributed by atoms with Crippen LogP contribution in [0.25, 0.3) is 11.1 Å². The molecule has 0 bridgehead atoms. The molecular formula is C28H39NO3S. The predicted octanol–water partition coefficient (Wildman–Crippen LogP) is 6.64. The molecular weight excluding hydrogens is 430 g/mol. The lowest BCUT2D eigenvalue weighted by Crippen LogP contribution is -2.33. The van der Waals surface area contributed by atoms with Gasteiger partial charge >= 0.3 is 5.97 Å². The number of carbonyl (C=O) groups excluding carboxylic acids is 1. The van der Waals surface area contributed by atoms with Crippen molar-refractivity contribution in [3.63, 3.8) is 0 Å². The minimum atomic E-state index is -0.347. The third kappa shape index (κ3) is 7.00. The molecule has 5 heteroatoms. The van der Waals surface area contributed by atoms with Gasteiger partial charge in [-0.05, 0) is 53.8 Å². The zero-order chi connectivity index (χ0) is 23.6. The molecule has 180 valence electrons. The molecule has 1 N–H and O–H groups in total. The lowest BCUT2D eigenvalue weighted by molar-refractivity contribution is 0.0601. The van der Waals surface area contributed by atoms with Gasteiger partial charge in [0.25, 0.3) is 0 Å². The smallest absolute Gasteiger partial charge is 0.338 e. The largest absolute Gasteiger partial charge is 0.496 e. The molecule has 0 aliphatic heterocycles. The summed E-state index contributed by atoms with van der Waals surface area (Å²) in [6.45, 7) is 5.01. The van der Waals surface area contributed by atoms with E-state index in [1.807, 2.05) is 30.0 Å². The summed E-state index contributed by atoms with van der Waals surface area (Å²) in [7, 11) is 3.09. The Morgan fingerprint density at radius 3 is 2.55 bits per heavy atom. The number of nitrogens with one attached hydrogen (secondary N) is 1. The minimum absolute atomic E-state index is 0.347. The van der Waals surface area contributed by atoms with E-state index in [1.165, 1.54) is 45.6 Å². The number of hydrogen-bond acceptors (Lipinski definition) is 5. The summed E-state index contributed by atoms with van der Waals surface area (Å²) in [5, 5.41) is 3.83. The monoisotopic (exact) mass is 469 g/mol. The van der Waals surface area contributed by atoms with Crippen LogP contribution in [0.4, 0.5) is 0 Å². The Bertz CT molecular complexity index is 908. The quantitative estimate of drug-likeness (QED) is 0.374. The summed E-state index contributed by atoms with van der Waals surface area (Å²) in [4.78, 5) is 12.6. The van der Waals surface area contributed by atoms with E-state index in [-0.39, 0.29) is 5.97 Å². The van der Waals surface area contributed by atoms with Crippen LogP contribution < -0.4 is 10.1 Å². The highest BCUT2D eigenvalue weighted by molar-refractivity contribution is 7.99. The topological polar surface area (TPSA) is 47.6 Å². The van der Waals surface area contributed by atoms with Gasteiger partial charge in [0.1, 0.15) is 5.75 Å². The summed E-state index contributed by atoms with van der Waals surface area (Å²) in [5.41, 5.74) is 4.67. The Balaban J connectivity index is 1.87. The second-order valence-electron chi connectivity index (χ2n) is 8.99. The number of aryl methyl sites for hydroxylation is 1. The van der Waals surface area contributed by atoms with Crippen LogP contribution in [0.15, 0.2) is 36.4 Å². The molecule has 0 saturated heterocycles. The number of rotatable bonds is 11. The Hall–Kier alpha value is -1.98. The molecule has 0 spiro atoms. The van der Waals surface area contributed by atoms with Crippen molar-refractivity contribution in [3.8, 4) is 16.9 Å². The van der Waals surface area contributed by atoms with Gasteiger partial charge in [-0.1, -0.05) is 63.3 Å². The molecule has 4 nitrogen and oxygen atoms in total. The van der Waals surface area contributed by atoms with Crippen LogP contribution >= 0.6 is 11.8 Å². The van der Waals surface area contributed by atoms with Crippen LogP contribution in [0.5, 0.6) is 5.75 Å². The number of methoxy groups -OCH3 is 2. The van der Waals surface area contributed by atoms with Crippen LogP contribution in [0.3, 0.4) is 0 Å². The van der Waals surface area contributed by atoms with Crippen molar-refractivity contribution in [2.24, 2.45) is 5.92 Å². The number of hydrogen-bond donors (Lipinski definition) is 1. The van der Waals surface area contributed by atoms with Gasteiger partial charge in [-0.25, -0.2) is 4.79 Å². The lowest BCUT2D eigenvalue weighted by Gasteiger charge is -2.27. The highest BCUT2D eigenvalue weighted by Gasteiger charge is 2.22. The molecule has 2 aromatic rings. The number of ether oxygens (including phenoxy) is 2. The van der Waals surface area contributed by atoms with Gasteiger partial charge in [0.15, 0.2) is 0 Å². The second-order valence-corrected chi connectivity index (χ2v) is 10.3. The molecule has 33 heavy (non-hydrogen) atoms. The van der Waals surface area contributed by atoms with Crippen molar-refractivity contribution in [3.05, 3.63) is 53.1 Å². The SMILES string of the molecule is CCSC[C@H](CC1CCCCC1)NCc1cc(-c2ccccc2C)c(C(=O)OC)cc1OC. The van der Waals surface area contributed by atoms with Gasteiger partial charge in [0, 0.05) is 23.9 Å². The first kappa shape index (κ1) is 25.6. The lowest BCUT2D eigenvalue weighted by atomic mass is 9.85. The molecule has 0 amide bonds. The molecule has 1 atom stereocenters. The first-order valence-corrected chi connectivity index (χ1v) is 13.4. The normalized spacial score (nSPS) is 15.3. The predicted molar refractivity (Wildman–Crippen MR) is 139 cm³/mol. The van der Waals surface area contributed by atoms with Crippen LogP contribution in [0.2, 0.25) is 0 Å². The fraction of sp³-hybridized carbons (Fsp3) is 0.536. The average Bonchev–Trinajstić information content (AvgIpc) is 2.85. The summed E-state index contributed by atoms with van der Waals surface area (Å²) >= 11 is 2.01. The molecule has 0 aromatic heterocycles. The van der Waals surface area contributed by atoms with Gasteiger partial charge in [-0.15, -0.1) is 0 Å². The van der Waals surface area contributed by atoms with Crippen molar-refractivity contribution < 1.29 is 14.3 Å². The van der Waals surface area contributed by atoms with Crippen molar-refractivity contribution in [1.82, 2.24) is 5.32 Å². The molecule has 0 heterocycles. The number of thioether (sulfide) groups is 1. The van der Waals surface area contributed by atoms with Crippen molar-refractivity contribution >= 4 is 17.7 Å². The Labute approximate surface area is 203 Å². The Morgan fingerprint density at radius 1 is 1.12 bits per heavy atom.